The fourth-order valence-electron chi connectivity index (χ4n) is 1.85. The fourth-order valence-corrected chi connectivity index (χ4v) is 1.98. The minimum atomic E-state index is -0.525. The van der Waals surface area contributed by atoms with Crippen molar-refractivity contribution in [3.05, 3.63) is 64.7 Å². The van der Waals surface area contributed by atoms with Gasteiger partial charge in [-0.2, -0.15) is 0 Å². The third-order valence-corrected chi connectivity index (χ3v) is 3.34. The van der Waals surface area contributed by atoms with Gasteiger partial charge in [0.05, 0.1) is 19.8 Å². The van der Waals surface area contributed by atoms with Gasteiger partial charge in [0, 0.05) is 11.1 Å². The Hall–Kier alpha value is -2.79. The van der Waals surface area contributed by atoms with Crippen molar-refractivity contribution >= 4 is 29.6 Å². The first-order chi connectivity index (χ1) is 11.5. The van der Waals surface area contributed by atoms with Crippen molar-refractivity contribution in [1.82, 2.24) is 0 Å². The van der Waals surface area contributed by atoms with Gasteiger partial charge < -0.3 is 14.2 Å². The van der Waals surface area contributed by atoms with Gasteiger partial charge in [-0.15, -0.1) is 0 Å². The molecule has 2 aromatic rings. The summed E-state index contributed by atoms with van der Waals surface area (Å²) in [5, 5.41) is 0.533. The molecule has 0 saturated carbocycles. The number of methoxy groups -OCH3 is 2. The van der Waals surface area contributed by atoms with Crippen molar-refractivity contribution in [2.75, 3.05) is 14.2 Å². The van der Waals surface area contributed by atoms with E-state index in [0.717, 1.165) is 0 Å². The molecular weight excluding hydrogens is 332 g/mol. The molecule has 0 unspecified atom stereocenters. The normalized spacial score (nSPS) is 10.5. The van der Waals surface area contributed by atoms with Gasteiger partial charge in [-0.1, -0.05) is 17.7 Å². The third kappa shape index (κ3) is 4.60. The smallest absolute Gasteiger partial charge is 0.343 e. The molecule has 0 aliphatic carbocycles. The van der Waals surface area contributed by atoms with Gasteiger partial charge in [0.25, 0.3) is 0 Å². The molecular formula is C18H15ClO5. The number of carbonyl (C=O) groups is 2. The molecule has 0 aliphatic heterocycles. The highest BCUT2D eigenvalue weighted by Gasteiger charge is 2.12. The van der Waals surface area contributed by atoms with Gasteiger partial charge in [0.2, 0.25) is 0 Å². The van der Waals surface area contributed by atoms with Crippen LogP contribution in [0.4, 0.5) is 0 Å². The lowest BCUT2D eigenvalue weighted by atomic mass is 10.2. The minimum absolute atomic E-state index is 0.271. The molecule has 0 amide bonds. The molecule has 2 rings (SSSR count). The van der Waals surface area contributed by atoms with E-state index >= 15 is 0 Å². The first kappa shape index (κ1) is 17.6. The molecule has 0 aliphatic rings. The summed E-state index contributed by atoms with van der Waals surface area (Å²) in [7, 11) is 2.76. The number of rotatable bonds is 5. The number of esters is 2. The van der Waals surface area contributed by atoms with E-state index in [-0.39, 0.29) is 5.75 Å². The molecule has 6 heteroatoms. The second kappa shape index (κ2) is 8.17. The van der Waals surface area contributed by atoms with E-state index in [9.17, 15) is 9.59 Å². The Bertz CT molecular complexity index is 765. The number of ether oxygens (including phenoxy) is 3. The zero-order chi connectivity index (χ0) is 17.5. The van der Waals surface area contributed by atoms with E-state index in [4.69, 9.17) is 21.1 Å². The summed E-state index contributed by atoms with van der Waals surface area (Å²) in [6.45, 7) is 0. The van der Waals surface area contributed by atoms with Crippen molar-refractivity contribution in [3.63, 3.8) is 0 Å². The molecule has 0 N–H and O–H groups in total. The Labute approximate surface area is 144 Å². The van der Waals surface area contributed by atoms with E-state index in [2.05, 4.69) is 4.74 Å². The van der Waals surface area contributed by atoms with Crippen molar-refractivity contribution in [2.24, 2.45) is 0 Å². The van der Waals surface area contributed by atoms with Crippen LogP contribution in [0.25, 0.3) is 6.08 Å². The molecule has 0 saturated heterocycles. The van der Waals surface area contributed by atoms with Crippen LogP contribution >= 0.6 is 11.6 Å². The van der Waals surface area contributed by atoms with E-state index in [1.54, 1.807) is 48.5 Å². The van der Waals surface area contributed by atoms with Gasteiger partial charge in [0.1, 0.15) is 0 Å². The third-order valence-electron chi connectivity index (χ3n) is 3.08. The zero-order valence-corrected chi connectivity index (χ0v) is 13.9. The van der Waals surface area contributed by atoms with Crippen molar-refractivity contribution < 1.29 is 23.8 Å². The maximum atomic E-state index is 12.1. The number of benzene rings is 2. The molecule has 24 heavy (non-hydrogen) atoms. The Morgan fingerprint density at radius 3 is 2.33 bits per heavy atom. The van der Waals surface area contributed by atoms with Crippen LogP contribution < -0.4 is 9.47 Å². The summed E-state index contributed by atoms with van der Waals surface area (Å²) in [5.41, 5.74) is 1.07. The van der Waals surface area contributed by atoms with Gasteiger partial charge in [-0.25, -0.2) is 9.59 Å². The van der Waals surface area contributed by atoms with Crippen LogP contribution in [-0.4, -0.2) is 26.2 Å². The molecule has 0 atom stereocenters. The van der Waals surface area contributed by atoms with E-state index in [0.29, 0.717) is 21.9 Å². The zero-order valence-electron chi connectivity index (χ0n) is 13.1. The van der Waals surface area contributed by atoms with Gasteiger partial charge in [0.15, 0.2) is 11.5 Å². The lowest BCUT2D eigenvalue weighted by molar-refractivity contribution is -0.134. The second-order valence-corrected chi connectivity index (χ2v) is 5.10. The largest absolute Gasteiger partial charge is 0.493 e. The highest BCUT2D eigenvalue weighted by Crippen LogP contribution is 2.29. The standard InChI is InChI=1S/C18H15ClO5/c1-22-16-11-12(4-10-17(20)23-2)3-9-15(16)24-18(21)13-5-7-14(19)8-6-13/h3-11H,1-2H3/b10-4+. The Morgan fingerprint density at radius 1 is 1.00 bits per heavy atom. The first-order valence-electron chi connectivity index (χ1n) is 6.95. The fraction of sp³-hybridized carbons (Fsp3) is 0.111. The predicted octanol–water partition coefficient (Wildman–Crippen LogP) is 3.75. The summed E-state index contributed by atoms with van der Waals surface area (Å²) >= 11 is 5.79. The lowest BCUT2D eigenvalue weighted by Crippen LogP contribution is -2.09. The van der Waals surface area contributed by atoms with Crippen molar-refractivity contribution in [1.29, 1.82) is 0 Å². The molecule has 0 bridgehead atoms. The molecule has 0 aromatic heterocycles. The summed E-state index contributed by atoms with van der Waals surface area (Å²) in [5.74, 6) is -0.355. The summed E-state index contributed by atoms with van der Waals surface area (Å²) < 4.78 is 15.1. The van der Waals surface area contributed by atoms with Gasteiger partial charge in [-0.3, -0.25) is 0 Å². The minimum Gasteiger partial charge on any atom is -0.493 e. The highest BCUT2D eigenvalue weighted by atomic mass is 35.5. The average molecular weight is 347 g/mol. The van der Waals surface area contributed by atoms with Crippen molar-refractivity contribution in [3.8, 4) is 11.5 Å². The monoisotopic (exact) mass is 346 g/mol. The molecule has 2 aromatic carbocycles. The van der Waals surface area contributed by atoms with Crippen LogP contribution in [0.2, 0.25) is 5.02 Å². The lowest BCUT2D eigenvalue weighted by Gasteiger charge is -2.10. The number of halogens is 1. The van der Waals surface area contributed by atoms with Crippen LogP contribution in [0.5, 0.6) is 11.5 Å². The van der Waals surface area contributed by atoms with E-state index < -0.39 is 11.9 Å². The maximum absolute atomic E-state index is 12.1. The molecule has 0 fully saturated rings. The van der Waals surface area contributed by atoms with Crippen molar-refractivity contribution in [2.45, 2.75) is 0 Å². The molecule has 124 valence electrons. The molecule has 0 spiro atoms. The molecule has 5 nitrogen and oxygen atoms in total. The van der Waals surface area contributed by atoms with Crippen LogP contribution in [0.1, 0.15) is 15.9 Å². The highest BCUT2D eigenvalue weighted by molar-refractivity contribution is 6.30. The summed E-state index contributed by atoms with van der Waals surface area (Å²) in [4.78, 5) is 23.3. The quantitative estimate of drug-likeness (QED) is 0.468. The second-order valence-electron chi connectivity index (χ2n) is 4.66. The first-order valence-corrected chi connectivity index (χ1v) is 7.33. The summed E-state index contributed by atoms with van der Waals surface area (Å²) in [6, 6.07) is 11.3. The molecule has 0 radical (unpaired) electrons. The van der Waals surface area contributed by atoms with Gasteiger partial charge >= 0.3 is 11.9 Å². The maximum Gasteiger partial charge on any atom is 0.343 e. The average Bonchev–Trinajstić information content (AvgIpc) is 2.60. The Morgan fingerprint density at radius 2 is 1.71 bits per heavy atom. The number of carbonyl (C=O) groups excluding carboxylic acids is 2. The van der Waals surface area contributed by atoms with E-state index in [1.165, 1.54) is 20.3 Å². The van der Waals surface area contributed by atoms with E-state index in [1.807, 2.05) is 0 Å². The predicted molar refractivity (Wildman–Crippen MR) is 90.5 cm³/mol. The van der Waals surface area contributed by atoms with Crippen LogP contribution in [0.15, 0.2) is 48.5 Å². The Balaban J connectivity index is 2.18. The number of hydrogen-bond acceptors (Lipinski definition) is 5. The van der Waals surface area contributed by atoms with Crippen LogP contribution in [-0.2, 0) is 9.53 Å². The van der Waals surface area contributed by atoms with Gasteiger partial charge in [-0.05, 0) is 48.0 Å². The molecule has 0 heterocycles. The Kier molecular flexibility index (Phi) is 5.98. The summed E-state index contributed by atoms with van der Waals surface area (Å²) in [6.07, 6.45) is 2.85. The van der Waals surface area contributed by atoms with Crippen LogP contribution in [0.3, 0.4) is 0 Å². The number of hydrogen-bond donors (Lipinski definition) is 0. The SMILES string of the molecule is COC(=O)/C=C/c1ccc(OC(=O)c2ccc(Cl)cc2)c(OC)c1. The topological polar surface area (TPSA) is 61.8 Å². The van der Waals surface area contributed by atoms with Crippen LogP contribution in [0, 0.1) is 0 Å².